The minimum absolute atomic E-state index is 0.226. The summed E-state index contributed by atoms with van der Waals surface area (Å²) in [7, 11) is 0. The number of benzene rings is 1. The van der Waals surface area contributed by atoms with Crippen LogP contribution in [0.5, 0.6) is 0 Å². The summed E-state index contributed by atoms with van der Waals surface area (Å²) in [6.45, 7) is 0. The molecule has 0 bridgehead atoms. The molecule has 19 heavy (non-hydrogen) atoms. The Hall–Kier alpha value is -2.58. The lowest BCUT2D eigenvalue weighted by Crippen LogP contribution is -2.15. The molecule has 0 atom stereocenters. The highest BCUT2D eigenvalue weighted by atomic mass is 35.5. The summed E-state index contributed by atoms with van der Waals surface area (Å²) < 4.78 is 0. The highest BCUT2D eigenvalue weighted by Crippen LogP contribution is 2.23. The molecule has 0 radical (unpaired) electrons. The molecule has 94 valence electrons. The predicted octanol–water partition coefficient (Wildman–Crippen LogP) is 2.15. The fraction of sp³-hybridized carbons (Fsp3) is 0. The van der Waals surface area contributed by atoms with E-state index in [4.69, 9.17) is 16.9 Å². The largest absolute Gasteiger partial charge is 0.329 e. The fourth-order valence-corrected chi connectivity index (χ4v) is 1.69. The molecular formula is C13H8ClN3O2. The number of carbonyl (C=O) groups is 1. The number of anilines is 1. The first-order chi connectivity index (χ1) is 9.10. The van der Waals surface area contributed by atoms with Gasteiger partial charge < -0.3 is 10.3 Å². The molecule has 0 aliphatic carbocycles. The fourth-order valence-electron chi connectivity index (χ4n) is 1.47. The molecule has 0 saturated heterocycles. The Morgan fingerprint density at radius 1 is 1.32 bits per heavy atom. The number of aromatic nitrogens is 1. The molecule has 1 aromatic heterocycles. The van der Waals surface area contributed by atoms with Crippen LogP contribution in [0.2, 0.25) is 5.02 Å². The van der Waals surface area contributed by atoms with Gasteiger partial charge in [0.1, 0.15) is 0 Å². The van der Waals surface area contributed by atoms with Gasteiger partial charge in [0.05, 0.1) is 22.3 Å². The van der Waals surface area contributed by atoms with Crippen molar-refractivity contribution in [3.8, 4) is 6.07 Å². The molecule has 2 rings (SSSR count). The topological polar surface area (TPSA) is 85.8 Å². The maximum absolute atomic E-state index is 11.9. The van der Waals surface area contributed by atoms with Crippen LogP contribution in [-0.2, 0) is 0 Å². The molecule has 0 spiro atoms. The highest BCUT2D eigenvalue weighted by molar-refractivity contribution is 6.34. The Kier molecular flexibility index (Phi) is 3.64. The summed E-state index contributed by atoms with van der Waals surface area (Å²) in [5, 5.41) is 11.5. The summed E-state index contributed by atoms with van der Waals surface area (Å²) in [4.78, 5) is 25.4. The van der Waals surface area contributed by atoms with Gasteiger partial charge in [-0.2, -0.15) is 5.26 Å². The second kappa shape index (κ2) is 5.38. The zero-order valence-corrected chi connectivity index (χ0v) is 10.4. The average molecular weight is 274 g/mol. The SMILES string of the molecule is N#Cc1ccc(NC(=O)c2cc[nH]c(=O)c2)c(Cl)c1. The van der Waals surface area contributed by atoms with Crippen molar-refractivity contribution in [2.75, 3.05) is 5.32 Å². The van der Waals surface area contributed by atoms with E-state index < -0.39 is 5.91 Å². The second-order valence-corrected chi connectivity index (χ2v) is 4.11. The molecular weight excluding hydrogens is 266 g/mol. The van der Waals surface area contributed by atoms with Gasteiger partial charge >= 0.3 is 0 Å². The number of carbonyl (C=O) groups excluding carboxylic acids is 1. The number of hydrogen-bond acceptors (Lipinski definition) is 3. The number of amides is 1. The molecule has 6 heteroatoms. The summed E-state index contributed by atoms with van der Waals surface area (Å²) in [6.07, 6.45) is 1.39. The molecule has 2 aromatic rings. The molecule has 0 aliphatic heterocycles. The normalized spacial score (nSPS) is 9.68. The number of nitriles is 1. The monoisotopic (exact) mass is 273 g/mol. The Morgan fingerprint density at radius 2 is 2.11 bits per heavy atom. The van der Waals surface area contributed by atoms with Crippen molar-refractivity contribution in [2.24, 2.45) is 0 Å². The van der Waals surface area contributed by atoms with Gasteiger partial charge in [0, 0.05) is 17.8 Å². The Labute approximate surface area is 113 Å². The van der Waals surface area contributed by atoms with E-state index in [1.165, 1.54) is 30.5 Å². The quantitative estimate of drug-likeness (QED) is 0.879. The average Bonchev–Trinajstić information content (AvgIpc) is 2.41. The van der Waals surface area contributed by atoms with Crippen LogP contribution in [0, 0.1) is 11.3 Å². The van der Waals surface area contributed by atoms with Gasteiger partial charge in [0.2, 0.25) is 5.56 Å². The van der Waals surface area contributed by atoms with Crippen molar-refractivity contribution in [1.82, 2.24) is 4.98 Å². The predicted molar refractivity (Wildman–Crippen MR) is 71.2 cm³/mol. The van der Waals surface area contributed by atoms with Gasteiger partial charge in [-0.1, -0.05) is 11.6 Å². The summed E-state index contributed by atoms with van der Waals surface area (Å²) in [6, 6.07) is 9.14. The minimum atomic E-state index is -0.447. The van der Waals surface area contributed by atoms with E-state index in [9.17, 15) is 9.59 Å². The van der Waals surface area contributed by atoms with E-state index in [2.05, 4.69) is 10.3 Å². The number of rotatable bonds is 2. The van der Waals surface area contributed by atoms with Gasteiger partial charge in [0.25, 0.3) is 5.91 Å². The molecule has 0 saturated carbocycles. The maximum Gasteiger partial charge on any atom is 0.255 e. The van der Waals surface area contributed by atoms with Crippen LogP contribution < -0.4 is 10.9 Å². The van der Waals surface area contributed by atoms with E-state index in [1.807, 2.05) is 6.07 Å². The zero-order chi connectivity index (χ0) is 13.8. The Bertz CT molecular complexity index is 731. The number of pyridine rings is 1. The van der Waals surface area contributed by atoms with Crippen molar-refractivity contribution >= 4 is 23.2 Å². The second-order valence-electron chi connectivity index (χ2n) is 3.70. The first kappa shape index (κ1) is 12.9. The number of nitrogens with zero attached hydrogens (tertiary/aromatic N) is 1. The van der Waals surface area contributed by atoms with Crippen LogP contribution in [0.3, 0.4) is 0 Å². The highest BCUT2D eigenvalue weighted by Gasteiger charge is 2.09. The van der Waals surface area contributed by atoms with Crippen LogP contribution in [0.4, 0.5) is 5.69 Å². The first-order valence-electron chi connectivity index (χ1n) is 5.30. The summed E-state index contributed by atoms with van der Waals surface area (Å²) in [5.41, 5.74) is 0.646. The van der Waals surface area contributed by atoms with Crippen molar-refractivity contribution < 1.29 is 4.79 Å². The molecule has 1 aromatic carbocycles. The smallest absolute Gasteiger partial charge is 0.255 e. The number of aromatic amines is 1. The maximum atomic E-state index is 11.9. The van der Waals surface area contributed by atoms with E-state index in [1.54, 1.807) is 6.07 Å². The number of H-pyrrole nitrogens is 1. The molecule has 5 nitrogen and oxygen atoms in total. The van der Waals surface area contributed by atoms with Gasteiger partial charge in [0.15, 0.2) is 0 Å². The van der Waals surface area contributed by atoms with Crippen molar-refractivity contribution in [1.29, 1.82) is 5.26 Å². The van der Waals surface area contributed by atoms with Crippen LogP contribution in [0.1, 0.15) is 15.9 Å². The van der Waals surface area contributed by atoms with Crippen LogP contribution in [0.25, 0.3) is 0 Å². The van der Waals surface area contributed by atoms with E-state index in [0.717, 1.165) is 0 Å². The third-order valence-electron chi connectivity index (χ3n) is 2.38. The van der Waals surface area contributed by atoms with Crippen molar-refractivity contribution in [3.05, 3.63) is 63.0 Å². The third-order valence-corrected chi connectivity index (χ3v) is 2.70. The number of nitrogens with one attached hydrogen (secondary N) is 2. The first-order valence-corrected chi connectivity index (χ1v) is 5.67. The van der Waals surface area contributed by atoms with Crippen LogP contribution >= 0.6 is 11.6 Å². The molecule has 0 fully saturated rings. The molecule has 1 heterocycles. The van der Waals surface area contributed by atoms with E-state index >= 15 is 0 Å². The Morgan fingerprint density at radius 3 is 2.74 bits per heavy atom. The molecule has 1 amide bonds. The van der Waals surface area contributed by atoms with Crippen molar-refractivity contribution in [3.63, 3.8) is 0 Å². The summed E-state index contributed by atoms with van der Waals surface area (Å²) >= 11 is 5.94. The Balaban J connectivity index is 2.25. The lowest BCUT2D eigenvalue weighted by atomic mass is 10.2. The minimum Gasteiger partial charge on any atom is -0.329 e. The number of halogens is 1. The van der Waals surface area contributed by atoms with Gasteiger partial charge in [-0.15, -0.1) is 0 Å². The van der Waals surface area contributed by atoms with Gasteiger partial charge in [-0.05, 0) is 24.3 Å². The zero-order valence-electron chi connectivity index (χ0n) is 9.61. The standard InChI is InChI=1S/C13H8ClN3O2/c14-10-5-8(7-15)1-2-11(10)17-13(19)9-3-4-16-12(18)6-9/h1-6H,(H,16,18)(H,17,19). The summed E-state index contributed by atoms with van der Waals surface area (Å²) in [5.74, 6) is -0.447. The van der Waals surface area contributed by atoms with Gasteiger partial charge in [-0.3, -0.25) is 9.59 Å². The van der Waals surface area contributed by atoms with Gasteiger partial charge in [-0.25, -0.2) is 0 Å². The van der Waals surface area contributed by atoms with Crippen molar-refractivity contribution in [2.45, 2.75) is 0 Å². The molecule has 2 N–H and O–H groups in total. The van der Waals surface area contributed by atoms with Crippen LogP contribution in [-0.4, -0.2) is 10.9 Å². The van der Waals surface area contributed by atoms with Crippen LogP contribution in [0.15, 0.2) is 41.3 Å². The molecule has 0 aliphatic rings. The van der Waals surface area contributed by atoms with E-state index in [-0.39, 0.29) is 16.1 Å². The number of hydrogen-bond donors (Lipinski definition) is 2. The van der Waals surface area contributed by atoms with E-state index in [0.29, 0.717) is 11.3 Å². The third kappa shape index (κ3) is 3.00. The molecule has 0 unspecified atom stereocenters. The lowest BCUT2D eigenvalue weighted by Gasteiger charge is -2.07. The lowest BCUT2D eigenvalue weighted by molar-refractivity contribution is 0.102.